The first-order chi connectivity index (χ1) is 13.7. The van der Waals surface area contributed by atoms with Gasteiger partial charge in [-0.05, 0) is 35.7 Å². The third-order valence-corrected chi connectivity index (χ3v) is 4.68. The maximum atomic E-state index is 12.9. The number of ether oxygens (including phenoxy) is 2. The summed E-state index contributed by atoms with van der Waals surface area (Å²) in [4.78, 5) is 21.9. The second-order valence-corrected chi connectivity index (χ2v) is 6.70. The van der Waals surface area contributed by atoms with Crippen molar-refractivity contribution in [1.29, 1.82) is 0 Å². The molecule has 0 bridgehead atoms. The molecule has 144 valence electrons. The third-order valence-electron chi connectivity index (χ3n) is 4.68. The zero-order chi connectivity index (χ0) is 19.3. The van der Waals surface area contributed by atoms with Gasteiger partial charge in [0, 0.05) is 6.54 Å². The number of rotatable bonds is 5. The zero-order valence-corrected chi connectivity index (χ0v) is 15.3. The van der Waals surface area contributed by atoms with Crippen molar-refractivity contribution in [1.82, 2.24) is 14.9 Å². The molecule has 7 heteroatoms. The van der Waals surface area contributed by atoms with Gasteiger partial charge < -0.3 is 14.4 Å². The lowest BCUT2D eigenvalue weighted by atomic mass is 10.1. The van der Waals surface area contributed by atoms with Crippen molar-refractivity contribution < 1.29 is 18.7 Å². The first-order valence-electron chi connectivity index (χ1n) is 9.21. The van der Waals surface area contributed by atoms with Crippen molar-refractivity contribution >= 4 is 16.7 Å². The number of halogens is 1. The Bertz CT molecular complexity index is 965. The second kappa shape index (κ2) is 8.21. The van der Waals surface area contributed by atoms with Gasteiger partial charge in [0.1, 0.15) is 11.9 Å². The van der Waals surface area contributed by atoms with E-state index in [1.165, 1.54) is 0 Å². The molecule has 0 radical (unpaired) electrons. The molecule has 1 amide bonds. The van der Waals surface area contributed by atoms with Gasteiger partial charge >= 0.3 is 6.01 Å². The van der Waals surface area contributed by atoms with E-state index in [1.54, 1.807) is 4.90 Å². The van der Waals surface area contributed by atoms with Crippen LogP contribution in [0.25, 0.3) is 10.8 Å². The zero-order valence-electron chi connectivity index (χ0n) is 15.3. The van der Waals surface area contributed by atoms with E-state index in [0.29, 0.717) is 18.8 Å². The van der Waals surface area contributed by atoms with Crippen LogP contribution in [0.3, 0.4) is 0 Å². The average Bonchev–Trinajstić information content (AvgIpc) is 2.74. The van der Waals surface area contributed by atoms with Crippen molar-refractivity contribution in [2.75, 3.05) is 19.7 Å². The molecule has 28 heavy (non-hydrogen) atoms. The standard InChI is InChI=1S/C21H20FN3O3/c22-17-11-23-21(24-12-17)28-19-6-3-9-25(13-19)20(26)14-27-18-8-7-15-4-1-2-5-16(15)10-18/h1-2,4-5,7-8,10-12,19H,3,6,9,13-14H2. The van der Waals surface area contributed by atoms with Gasteiger partial charge in [-0.1, -0.05) is 30.3 Å². The Kier molecular flexibility index (Phi) is 5.32. The van der Waals surface area contributed by atoms with E-state index in [2.05, 4.69) is 9.97 Å². The minimum atomic E-state index is -0.515. The number of fused-ring (bicyclic) bond motifs is 1. The molecule has 6 nitrogen and oxygen atoms in total. The molecular formula is C21H20FN3O3. The van der Waals surface area contributed by atoms with Crippen LogP contribution >= 0.6 is 0 Å². The van der Waals surface area contributed by atoms with E-state index in [1.807, 2.05) is 42.5 Å². The van der Waals surface area contributed by atoms with E-state index in [4.69, 9.17) is 9.47 Å². The van der Waals surface area contributed by atoms with Crippen molar-refractivity contribution in [2.45, 2.75) is 18.9 Å². The number of hydrogen-bond acceptors (Lipinski definition) is 5. The van der Waals surface area contributed by atoms with Gasteiger partial charge in [0.05, 0.1) is 18.9 Å². The van der Waals surface area contributed by atoms with Crippen LogP contribution < -0.4 is 9.47 Å². The summed E-state index contributed by atoms with van der Waals surface area (Å²) in [5, 5.41) is 2.19. The van der Waals surface area contributed by atoms with Gasteiger partial charge in [-0.2, -0.15) is 0 Å². The monoisotopic (exact) mass is 381 g/mol. The number of nitrogens with zero attached hydrogens (tertiary/aromatic N) is 3. The molecule has 2 aromatic carbocycles. The van der Waals surface area contributed by atoms with Gasteiger partial charge in [0.15, 0.2) is 12.4 Å². The Morgan fingerprint density at radius 3 is 2.75 bits per heavy atom. The first-order valence-corrected chi connectivity index (χ1v) is 9.21. The number of benzene rings is 2. The SMILES string of the molecule is O=C(COc1ccc2ccccc2c1)N1CCCC(Oc2ncc(F)cn2)C1. The lowest BCUT2D eigenvalue weighted by molar-refractivity contribution is -0.136. The Balaban J connectivity index is 1.32. The summed E-state index contributed by atoms with van der Waals surface area (Å²) in [6.45, 7) is 1.06. The molecule has 2 heterocycles. The molecule has 1 fully saturated rings. The van der Waals surface area contributed by atoms with E-state index in [9.17, 15) is 9.18 Å². The topological polar surface area (TPSA) is 64.5 Å². The molecule has 0 N–H and O–H groups in total. The number of carbonyl (C=O) groups excluding carboxylic acids is 1. The Morgan fingerprint density at radius 1 is 1.14 bits per heavy atom. The number of piperidine rings is 1. The van der Waals surface area contributed by atoms with E-state index in [0.717, 1.165) is 36.0 Å². The fourth-order valence-corrected chi connectivity index (χ4v) is 3.26. The largest absolute Gasteiger partial charge is 0.484 e. The van der Waals surface area contributed by atoms with Crippen LogP contribution in [0.5, 0.6) is 11.8 Å². The number of aromatic nitrogens is 2. The fourth-order valence-electron chi connectivity index (χ4n) is 3.26. The predicted octanol–water partition coefficient (Wildman–Crippen LogP) is 3.22. The highest BCUT2D eigenvalue weighted by Crippen LogP contribution is 2.21. The molecule has 1 atom stereocenters. The summed E-state index contributed by atoms with van der Waals surface area (Å²) in [6, 6.07) is 13.9. The second-order valence-electron chi connectivity index (χ2n) is 6.70. The molecule has 1 aliphatic heterocycles. The van der Waals surface area contributed by atoms with Gasteiger partial charge in [-0.15, -0.1) is 0 Å². The first kappa shape index (κ1) is 18.2. The molecule has 4 rings (SSSR count). The van der Waals surface area contributed by atoms with Crippen LogP contribution in [0.1, 0.15) is 12.8 Å². The highest BCUT2D eigenvalue weighted by molar-refractivity contribution is 5.84. The Labute approximate surface area is 161 Å². The molecule has 1 aromatic heterocycles. The summed E-state index contributed by atoms with van der Waals surface area (Å²) in [5.74, 6) is 0.0525. The summed E-state index contributed by atoms with van der Waals surface area (Å²) < 4.78 is 24.3. The highest BCUT2D eigenvalue weighted by Gasteiger charge is 2.25. The van der Waals surface area contributed by atoms with Gasteiger partial charge in [0.2, 0.25) is 0 Å². The van der Waals surface area contributed by atoms with Crippen LogP contribution in [0.4, 0.5) is 4.39 Å². The van der Waals surface area contributed by atoms with E-state index < -0.39 is 5.82 Å². The maximum absolute atomic E-state index is 12.9. The summed E-state index contributed by atoms with van der Waals surface area (Å²) in [5.41, 5.74) is 0. The lowest BCUT2D eigenvalue weighted by Gasteiger charge is -2.32. The maximum Gasteiger partial charge on any atom is 0.316 e. The molecule has 1 unspecified atom stereocenters. The lowest BCUT2D eigenvalue weighted by Crippen LogP contribution is -2.46. The normalized spacial score (nSPS) is 16.8. The van der Waals surface area contributed by atoms with Crippen molar-refractivity contribution in [3.63, 3.8) is 0 Å². The molecular weight excluding hydrogens is 361 g/mol. The minimum Gasteiger partial charge on any atom is -0.484 e. The molecule has 0 spiro atoms. The minimum absolute atomic E-state index is 0.0297. The van der Waals surface area contributed by atoms with Crippen LogP contribution in [0.15, 0.2) is 54.9 Å². The molecule has 3 aromatic rings. The number of carbonyl (C=O) groups is 1. The fraction of sp³-hybridized carbons (Fsp3) is 0.286. The summed E-state index contributed by atoms with van der Waals surface area (Å²) in [7, 11) is 0. The average molecular weight is 381 g/mol. The molecule has 1 aliphatic rings. The van der Waals surface area contributed by atoms with Crippen LogP contribution in [-0.4, -0.2) is 46.6 Å². The number of likely N-dealkylation sites (tertiary alicyclic amines) is 1. The Hall–Kier alpha value is -3.22. The Morgan fingerprint density at radius 2 is 1.93 bits per heavy atom. The van der Waals surface area contributed by atoms with Crippen molar-refractivity contribution in [2.24, 2.45) is 0 Å². The van der Waals surface area contributed by atoms with Crippen LogP contribution in [0, 0.1) is 5.82 Å². The smallest absolute Gasteiger partial charge is 0.316 e. The quantitative estimate of drug-likeness (QED) is 0.679. The number of hydrogen-bond donors (Lipinski definition) is 0. The van der Waals surface area contributed by atoms with Crippen LogP contribution in [0.2, 0.25) is 0 Å². The molecule has 0 saturated carbocycles. The van der Waals surface area contributed by atoms with E-state index >= 15 is 0 Å². The third kappa shape index (κ3) is 4.36. The highest BCUT2D eigenvalue weighted by atomic mass is 19.1. The van der Waals surface area contributed by atoms with Gasteiger partial charge in [-0.25, -0.2) is 14.4 Å². The molecule has 1 saturated heterocycles. The van der Waals surface area contributed by atoms with Crippen LogP contribution in [-0.2, 0) is 4.79 Å². The predicted molar refractivity (Wildman–Crippen MR) is 102 cm³/mol. The van der Waals surface area contributed by atoms with Crippen molar-refractivity contribution in [3.05, 3.63) is 60.7 Å². The number of amides is 1. The molecule has 0 aliphatic carbocycles. The summed E-state index contributed by atoms with van der Waals surface area (Å²) in [6.07, 6.45) is 3.50. The van der Waals surface area contributed by atoms with E-state index in [-0.39, 0.29) is 24.6 Å². The van der Waals surface area contributed by atoms with Gasteiger partial charge in [0.25, 0.3) is 5.91 Å². The van der Waals surface area contributed by atoms with Gasteiger partial charge in [-0.3, -0.25) is 4.79 Å². The summed E-state index contributed by atoms with van der Waals surface area (Å²) >= 11 is 0. The van der Waals surface area contributed by atoms with Crippen molar-refractivity contribution in [3.8, 4) is 11.8 Å².